The summed E-state index contributed by atoms with van der Waals surface area (Å²) in [5, 5.41) is 4.36. The summed E-state index contributed by atoms with van der Waals surface area (Å²) in [5.41, 5.74) is 4.04. The maximum Gasteiger partial charge on any atom is 0.534 e. The van der Waals surface area contributed by atoms with Crippen LogP contribution in [-0.2, 0) is 10.1 Å². The highest BCUT2D eigenvalue weighted by Gasteiger charge is 2.48. The van der Waals surface area contributed by atoms with E-state index in [9.17, 15) is 21.6 Å². The Balaban J connectivity index is 1.49. The first-order chi connectivity index (χ1) is 20.4. The van der Waals surface area contributed by atoms with E-state index in [-0.39, 0.29) is 0 Å². The predicted molar refractivity (Wildman–Crippen MR) is 168 cm³/mol. The molecule has 216 valence electrons. The normalized spacial score (nSPS) is 12.1. The van der Waals surface area contributed by atoms with Gasteiger partial charge in [-0.3, -0.25) is 0 Å². The van der Waals surface area contributed by atoms with E-state index in [1.165, 1.54) is 17.7 Å². The molecule has 0 N–H and O–H groups in total. The minimum absolute atomic E-state index is 0.408. The highest BCUT2D eigenvalue weighted by molar-refractivity contribution is 7.88. The quantitative estimate of drug-likeness (QED) is 0.147. The van der Waals surface area contributed by atoms with Gasteiger partial charge in [0.25, 0.3) is 0 Å². The van der Waals surface area contributed by atoms with Gasteiger partial charge in [0, 0.05) is 0 Å². The molecule has 0 unspecified atom stereocenters. The number of fused-ring (bicyclic) bond motifs is 2. The Kier molecular flexibility index (Phi) is 7.01. The molecule has 0 aliphatic heterocycles. The smallest absolute Gasteiger partial charge is 0.376 e. The van der Waals surface area contributed by atoms with Crippen molar-refractivity contribution in [2.75, 3.05) is 0 Å². The molecule has 0 atom stereocenters. The van der Waals surface area contributed by atoms with Gasteiger partial charge < -0.3 is 4.18 Å². The Hall–Kier alpha value is -4.62. The van der Waals surface area contributed by atoms with E-state index in [2.05, 4.69) is 97.8 Å². The van der Waals surface area contributed by atoms with Gasteiger partial charge in [0.05, 0.1) is 0 Å². The molecule has 0 radical (unpaired) electrons. The number of benzene rings is 6. The maximum atomic E-state index is 12.8. The van der Waals surface area contributed by atoms with E-state index in [4.69, 9.17) is 0 Å². The lowest BCUT2D eigenvalue weighted by atomic mass is 9.86. The second-order valence-electron chi connectivity index (χ2n) is 10.8. The van der Waals surface area contributed by atoms with Gasteiger partial charge in [0.1, 0.15) is 5.75 Å². The fraction of sp³-hybridized carbons (Fsp3) is 0.111. The van der Waals surface area contributed by atoms with Crippen LogP contribution in [0.1, 0.15) is 16.7 Å². The van der Waals surface area contributed by atoms with E-state index in [1.807, 2.05) is 12.1 Å². The van der Waals surface area contributed by atoms with Crippen LogP contribution in [0.4, 0.5) is 13.2 Å². The molecule has 0 saturated heterocycles. The van der Waals surface area contributed by atoms with Crippen LogP contribution in [0.15, 0.2) is 109 Å². The van der Waals surface area contributed by atoms with Gasteiger partial charge in [-0.15, -0.1) is 0 Å². The first-order valence-electron chi connectivity index (χ1n) is 13.7. The molecule has 0 heterocycles. The van der Waals surface area contributed by atoms with Crippen LogP contribution in [0.5, 0.6) is 5.75 Å². The van der Waals surface area contributed by atoms with Crippen LogP contribution >= 0.6 is 0 Å². The van der Waals surface area contributed by atoms with Crippen molar-refractivity contribution < 1.29 is 25.8 Å². The van der Waals surface area contributed by atoms with Gasteiger partial charge in [-0.1, -0.05) is 90.5 Å². The molecule has 0 fully saturated rings. The Bertz CT molecular complexity index is 2110. The van der Waals surface area contributed by atoms with E-state index in [0.717, 1.165) is 60.5 Å². The predicted octanol–water partition coefficient (Wildman–Crippen LogP) is 10.1. The number of hydrogen-bond donors (Lipinski definition) is 0. The van der Waals surface area contributed by atoms with E-state index < -0.39 is 21.4 Å². The summed E-state index contributed by atoms with van der Waals surface area (Å²) in [7, 11) is -5.74. The van der Waals surface area contributed by atoms with Crippen LogP contribution < -0.4 is 4.18 Å². The molecule has 6 rings (SSSR count). The third-order valence-electron chi connectivity index (χ3n) is 7.77. The van der Waals surface area contributed by atoms with Crippen molar-refractivity contribution in [2.45, 2.75) is 26.3 Å². The second-order valence-corrected chi connectivity index (χ2v) is 12.3. The molecular weight excluding hydrogens is 569 g/mol. The first kappa shape index (κ1) is 28.5. The Morgan fingerprint density at radius 1 is 0.535 bits per heavy atom. The van der Waals surface area contributed by atoms with Crippen molar-refractivity contribution in [3.8, 4) is 39.1 Å². The fourth-order valence-electron chi connectivity index (χ4n) is 5.50. The Morgan fingerprint density at radius 2 is 0.930 bits per heavy atom. The lowest BCUT2D eigenvalue weighted by Gasteiger charge is -2.18. The summed E-state index contributed by atoms with van der Waals surface area (Å²) < 4.78 is 65.4. The standard InChI is InChI=1S/C36H27F3O3S/c1-22-4-8-25(9-5-22)29-14-12-27-10-6-23(2)34(32(27)20-29)35-24(3)7-11-28-13-15-30(21-33(28)35)26-16-18-31(19-17-26)42-43(40,41)36(37,38)39/h4-21H,1-3H3. The molecule has 0 bridgehead atoms. The second kappa shape index (κ2) is 10.6. The van der Waals surface area contributed by atoms with Crippen LogP contribution in [-0.4, -0.2) is 13.9 Å². The van der Waals surface area contributed by atoms with E-state index in [1.54, 1.807) is 12.1 Å². The molecule has 7 heteroatoms. The molecule has 0 spiro atoms. The van der Waals surface area contributed by atoms with Gasteiger partial charge in [0.2, 0.25) is 0 Å². The topological polar surface area (TPSA) is 43.4 Å². The van der Waals surface area contributed by atoms with Gasteiger partial charge in [-0.2, -0.15) is 21.6 Å². The number of halogens is 3. The van der Waals surface area contributed by atoms with Gasteiger partial charge in [0.15, 0.2) is 0 Å². The Morgan fingerprint density at radius 3 is 1.37 bits per heavy atom. The summed E-state index contributed by atoms with van der Waals surface area (Å²) in [6.07, 6.45) is 0. The van der Waals surface area contributed by atoms with E-state index in [0.29, 0.717) is 5.56 Å². The molecule has 0 aliphatic rings. The average molecular weight is 597 g/mol. The van der Waals surface area contributed by atoms with E-state index >= 15 is 0 Å². The van der Waals surface area contributed by atoms with Crippen molar-refractivity contribution >= 4 is 31.7 Å². The third kappa shape index (κ3) is 5.37. The fourth-order valence-corrected chi connectivity index (χ4v) is 5.96. The summed E-state index contributed by atoms with van der Waals surface area (Å²) in [6, 6.07) is 35.1. The first-order valence-corrected chi connectivity index (χ1v) is 15.1. The Labute approximate surface area is 248 Å². The molecule has 0 saturated carbocycles. The summed E-state index contributed by atoms with van der Waals surface area (Å²) in [4.78, 5) is 0. The van der Waals surface area contributed by atoms with Gasteiger partial charge in [-0.05, 0) is 111 Å². The lowest BCUT2D eigenvalue weighted by Crippen LogP contribution is -2.28. The van der Waals surface area contributed by atoms with Crippen LogP contribution in [0.2, 0.25) is 0 Å². The molecule has 0 aromatic heterocycles. The number of alkyl halides is 3. The molecule has 6 aromatic carbocycles. The van der Waals surface area contributed by atoms with Crippen LogP contribution in [0, 0.1) is 20.8 Å². The van der Waals surface area contributed by atoms with Crippen molar-refractivity contribution in [3.05, 3.63) is 126 Å². The molecule has 0 aliphatic carbocycles. The molecule has 3 nitrogen and oxygen atoms in total. The summed E-state index contributed by atoms with van der Waals surface area (Å²) >= 11 is 0. The SMILES string of the molecule is Cc1ccc(-c2ccc3ccc(C)c(-c4c(C)ccc5ccc(-c6ccc(OS(=O)(=O)C(F)(F)F)cc6)cc45)c3c2)cc1. The van der Waals surface area contributed by atoms with Gasteiger partial charge in [-0.25, -0.2) is 0 Å². The largest absolute Gasteiger partial charge is 0.534 e. The third-order valence-corrected chi connectivity index (χ3v) is 8.75. The molecule has 6 aromatic rings. The maximum absolute atomic E-state index is 12.8. The molecule has 0 amide bonds. The summed E-state index contributed by atoms with van der Waals surface area (Å²) in [5.74, 6) is -0.408. The van der Waals surface area contributed by atoms with Crippen molar-refractivity contribution in [2.24, 2.45) is 0 Å². The molecule has 43 heavy (non-hydrogen) atoms. The van der Waals surface area contributed by atoms with Crippen LogP contribution in [0.3, 0.4) is 0 Å². The number of aryl methyl sites for hydroxylation is 3. The van der Waals surface area contributed by atoms with Crippen molar-refractivity contribution in [3.63, 3.8) is 0 Å². The van der Waals surface area contributed by atoms with Gasteiger partial charge >= 0.3 is 15.6 Å². The number of hydrogen-bond acceptors (Lipinski definition) is 3. The lowest BCUT2D eigenvalue weighted by molar-refractivity contribution is -0.0500. The number of rotatable bonds is 5. The summed E-state index contributed by atoms with van der Waals surface area (Å²) in [6.45, 7) is 6.28. The van der Waals surface area contributed by atoms with Crippen LogP contribution in [0.25, 0.3) is 54.9 Å². The monoisotopic (exact) mass is 596 g/mol. The zero-order valence-corrected chi connectivity index (χ0v) is 24.5. The highest BCUT2D eigenvalue weighted by atomic mass is 32.2. The minimum Gasteiger partial charge on any atom is -0.376 e. The highest BCUT2D eigenvalue weighted by Crippen LogP contribution is 2.41. The zero-order chi connectivity index (χ0) is 30.5. The minimum atomic E-state index is -5.74. The van der Waals surface area contributed by atoms with Crippen molar-refractivity contribution in [1.29, 1.82) is 0 Å². The van der Waals surface area contributed by atoms with Crippen molar-refractivity contribution in [1.82, 2.24) is 0 Å². The molecular formula is C36H27F3O3S. The average Bonchev–Trinajstić information content (AvgIpc) is 2.97. The zero-order valence-electron chi connectivity index (χ0n) is 23.7.